The van der Waals surface area contributed by atoms with Crippen LogP contribution in [0.5, 0.6) is 0 Å². The number of likely N-dealkylation sites (N-methyl/N-ethyl adjacent to an activating group) is 1. The molecule has 0 unspecified atom stereocenters. The first-order valence-corrected chi connectivity index (χ1v) is 9.11. The first-order valence-electron chi connectivity index (χ1n) is 8.23. The van der Waals surface area contributed by atoms with Crippen LogP contribution < -0.4 is 4.90 Å². The summed E-state index contributed by atoms with van der Waals surface area (Å²) in [6, 6.07) is 8.13. The van der Waals surface area contributed by atoms with E-state index in [1.165, 1.54) is 4.88 Å². The molecule has 3 heterocycles. The van der Waals surface area contributed by atoms with Crippen molar-refractivity contribution in [1.82, 2.24) is 9.88 Å². The van der Waals surface area contributed by atoms with Crippen LogP contribution in [0.3, 0.4) is 0 Å². The van der Waals surface area contributed by atoms with Gasteiger partial charge in [-0.3, -0.25) is 9.78 Å². The average molecular weight is 345 g/mol. The number of thiophene rings is 1. The van der Waals surface area contributed by atoms with Crippen molar-refractivity contribution in [2.45, 2.75) is 19.4 Å². The molecule has 0 aromatic carbocycles. The Bertz CT molecular complexity index is 669. The Labute approximate surface area is 146 Å². The van der Waals surface area contributed by atoms with E-state index in [2.05, 4.69) is 28.3 Å². The minimum atomic E-state index is -0.0332. The number of hydrogen-bond donors (Lipinski definition) is 0. The van der Waals surface area contributed by atoms with Crippen molar-refractivity contribution in [2.24, 2.45) is 0 Å². The lowest BCUT2D eigenvalue weighted by Gasteiger charge is -2.29. The van der Waals surface area contributed by atoms with Crippen molar-refractivity contribution >= 4 is 22.9 Å². The number of pyridine rings is 1. The van der Waals surface area contributed by atoms with E-state index in [9.17, 15) is 4.79 Å². The van der Waals surface area contributed by atoms with Gasteiger partial charge in [0.1, 0.15) is 5.69 Å². The Morgan fingerprint density at radius 3 is 2.92 bits per heavy atom. The van der Waals surface area contributed by atoms with Gasteiger partial charge in [-0.15, -0.1) is 11.3 Å². The first kappa shape index (κ1) is 16.9. The summed E-state index contributed by atoms with van der Waals surface area (Å²) in [4.78, 5) is 22.4. The molecule has 2 aromatic rings. The van der Waals surface area contributed by atoms with Gasteiger partial charge in [0.25, 0.3) is 5.91 Å². The van der Waals surface area contributed by atoms with Gasteiger partial charge in [-0.25, -0.2) is 0 Å². The van der Waals surface area contributed by atoms with Crippen LogP contribution in [0.2, 0.25) is 0 Å². The Kier molecular flexibility index (Phi) is 5.48. The largest absolute Gasteiger partial charge is 0.378 e. The summed E-state index contributed by atoms with van der Waals surface area (Å²) in [5.74, 6) is -0.0332. The fourth-order valence-electron chi connectivity index (χ4n) is 2.79. The SMILES string of the molecule is C[C@@H](Cc1cccs1)N(C)C(=O)c1cc(N2CCOCC2)ccn1. The number of anilines is 1. The van der Waals surface area contributed by atoms with E-state index < -0.39 is 0 Å². The smallest absolute Gasteiger partial charge is 0.272 e. The second-order valence-electron chi connectivity index (χ2n) is 6.05. The number of rotatable bonds is 5. The lowest BCUT2D eigenvalue weighted by molar-refractivity contribution is 0.0738. The van der Waals surface area contributed by atoms with E-state index in [1.54, 1.807) is 22.4 Å². The summed E-state index contributed by atoms with van der Waals surface area (Å²) in [6.45, 7) is 5.22. The zero-order valence-corrected chi connectivity index (χ0v) is 15.0. The van der Waals surface area contributed by atoms with E-state index in [-0.39, 0.29) is 11.9 Å². The van der Waals surface area contributed by atoms with Crippen LogP contribution in [-0.4, -0.2) is 55.2 Å². The van der Waals surface area contributed by atoms with E-state index in [1.807, 2.05) is 25.2 Å². The van der Waals surface area contributed by atoms with E-state index in [0.29, 0.717) is 5.69 Å². The Hall–Kier alpha value is -1.92. The number of carbonyl (C=O) groups is 1. The summed E-state index contributed by atoms with van der Waals surface area (Å²) in [5, 5.41) is 2.07. The summed E-state index contributed by atoms with van der Waals surface area (Å²) in [6.07, 6.45) is 2.58. The van der Waals surface area contributed by atoms with Gasteiger partial charge in [-0.05, 0) is 30.5 Å². The predicted octanol–water partition coefficient (Wildman–Crippen LogP) is 2.68. The number of ether oxygens (including phenoxy) is 1. The molecule has 1 atom stereocenters. The normalized spacial score (nSPS) is 16.0. The zero-order valence-electron chi connectivity index (χ0n) is 14.1. The third-order valence-electron chi connectivity index (χ3n) is 4.40. The highest BCUT2D eigenvalue weighted by atomic mass is 32.1. The molecule has 1 saturated heterocycles. The van der Waals surface area contributed by atoms with Crippen LogP contribution in [0.1, 0.15) is 22.3 Å². The van der Waals surface area contributed by atoms with Crippen molar-refractivity contribution in [3.63, 3.8) is 0 Å². The van der Waals surface area contributed by atoms with Gasteiger partial charge in [-0.2, -0.15) is 0 Å². The molecule has 1 aliphatic rings. The zero-order chi connectivity index (χ0) is 16.9. The number of carbonyl (C=O) groups excluding carboxylic acids is 1. The molecule has 0 saturated carbocycles. The highest BCUT2D eigenvalue weighted by Gasteiger charge is 2.20. The molecule has 0 aliphatic carbocycles. The van der Waals surface area contributed by atoms with Crippen LogP contribution in [0, 0.1) is 0 Å². The topological polar surface area (TPSA) is 45.7 Å². The lowest BCUT2D eigenvalue weighted by Crippen LogP contribution is -2.38. The third-order valence-corrected chi connectivity index (χ3v) is 5.30. The number of amides is 1. The fourth-order valence-corrected chi connectivity index (χ4v) is 3.62. The van der Waals surface area contributed by atoms with E-state index in [4.69, 9.17) is 4.74 Å². The highest BCUT2D eigenvalue weighted by molar-refractivity contribution is 7.09. The van der Waals surface area contributed by atoms with Crippen molar-refractivity contribution in [2.75, 3.05) is 38.3 Å². The molecule has 24 heavy (non-hydrogen) atoms. The fraction of sp³-hybridized carbons (Fsp3) is 0.444. The molecule has 3 rings (SSSR count). The van der Waals surface area contributed by atoms with Crippen molar-refractivity contribution in [3.05, 3.63) is 46.4 Å². The standard InChI is InChI=1S/C18H23N3O2S/c1-14(12-16-4-3-11-24-16)20(2)18(22)17-13-15(5-6-19-17)21-7-9-23-10-8-21/h3-6,11,13-14H,7-10,12H2,1-2H3/t14-/m0/s1. The molecule has 0 N–H and O–H groups in total. The minimum absolute atomic E-state index is 0.0332. The molecular weight excluding hydrogens is 322 g/mol. The molecule has 1 aliphatic heterocycles. The Morgan fingerprint density at radius 1 is 1.42 bits per heavy atom. The number of hydrogen-bond acceptors (Lipinski definition) is 5. The molecule has 128 valence electrons. The van der Waals surface area contributed by atoms with Gasteiger partial charge < -0.3 is 14.5 Å². The van der Waals surface area contributed by atoms with Crippen LogP contribution in [-0.2, 0) is 11.2 Å². The molecule has 2 aromatic heterocycles. The first-order chi connectivity index (χ1) is 11.6. The van der Waals surface area contributed by atoms with Crippen molar-refractivity contribution in [1.29, 1.82) is 0 Å². The third kappa shape index (κ3) is 3.94. The van der Waals surface area contributed by atoms with Gasteiger partial charge in [0.2, 0.25) is 0 Å². The molecule has 1 fully saturated rings. The number of aromatic nitrogens is 1. The van der Waals surface area contributed by atoms with Crippen LogP contribution >= 0.6 is 11.3 Å². The van der Waals surface area contributed by atoms with Crippen molar-refractivity contribution in [3.8, 4) is 0 Å². The number of nitrogens with zero attached hydrogens (tertiary/aromatic N) is 3. The summed E-state index contributed by atoms with van der Waals surface area (Å²) in [7, 11) is 1.85. The molecule has 6 heteroatoms. The summed E-state index contributed by atoms with van der Waals surface area (Å²) in [5.41, 5.74) is 1.54. The van der Waals surface area contributed by atoms with Gasteiger partial charge in [-0.1, -0.05) is 6.07 Å². The summed E-state index contributed by atoms with van der Waals surface area (Å²) < 4.78 is 5.39. The number of morpholine rings is 1. The quantitative estimate of drug-likeness (QED) is 0.836. The maximum Gasteiger partial charge on any atom is 0.272 e. The van der Waals surface area contributed by atoms with Crippen molar-refractivity contribution < 1.29 is 9.53 Å². The monoisotopic (exact) mass is 345 g/mol. The maximum absolute atomic E-state index is 12.8. The predicted molar refractivity (Wildman–Crippen MR) is 96.8 cm³/mol. The van der Waals surface area contributed by atoms with Gasteiger partial charge in [0.05, 0.1) is 13.2 Å². The highest BCUT2D eigenvalue weighted by Crippen LogP contribution is 2.19. The second-order valence-corrected chi connectivity index (χ2v) is 7.08. The lowest BCUT2D eigenvalue weighted by atomic mass is 10.1. The molecule has 5 nitrogen and oxygen atoms in total. The molecule has 1 amide bonds. The Balaban J connectivity index is 1.69. The second kappa shape index (κ2) is 7.77. The molecule has 0 radical (unpaired) electrons. The maximum atomic E-state index is 12.8. The van der Waals surface area contributed by atoms with E-state index in [0.717, 1.165) is 38.4 Å². The summed E-state index contributed by atoms with van der Waals surface area (Å²) >= 11 is 1.73. The Morgan fingerprint density at radius 2 is 2.21 bits per heavy atom. The van der Waals surface area contributed by atoms with E-state index >= 15 is 0 Å². The minimum Gasteiger partial charge on any atom is -0.378 e. The van der Waals surface area contributed by atoms with Gasteiger partial charge in [0.15, 0.2) is 0 Å². The molecule has 0 spiro atoms. The van der Waals surface area contributed by atoms with Gasteiger partial charge >= 0.3 is 0 Å². The van der Waals surface area contributed by atoms with Crippen LogP contribution in [0.4, 0.5) is 5.69 Å². The molecular formula is C18H23N3O2S. The van der Waals surface area contributed by atoms with Gasteiger partial charge in [0, 0.05) is 49.4 Å². The van der Waals surface area contributed by atoms with Crippen LogP contribution in [0.25, 0.3) is 0 Å². The van der Waals surface area contributed by atoms with Crippen LogP contribution in [0.15, 0.2) is 35.8 Å². The average Bonchev–Trinajstić information content (AvgIpc) is 3.14. The molecule has 0 bridgehead atoms.